The lowest BCUT2D eigenvalue weighted by atomic mass is 9.81. The fourth-order valence-corrected chi connectivity index (χ4v) is 5.90. The van der Waals surface area contributed by atoms with Crippen molar-refractivity contribution >= 4 is 40.7 Å². The van der Waals surface area contributed by atoms with E-state index in [-0.39, 0.29) is 6.42 Å². The summed E-state index contributed by atoms with van der Waals surface area (Å²) in [6, 6.07) is 14.1. The molecule has 10 heteroatoms. The fraction of sp³-hybridized carbons (Fsp3) is 0.286. The average molecular weight is 530 g/mol. The standard InChI is InChI=1S/C28H28ClN7O2/c1-28(13-25(37)38)16-36(24-6-4-3-5-21(24)28)26-22(29)14-30-27(33-26)32-18-11-17-15-35(2)10-8-19(17)20(12-18)23-7-9-31-34-23/h3-7,9,11-12,14H,8,10,13,15-16H2,1-2H3,(H,31,34)(H,37,38)(H,30,32,33). The van der Waals surface area contributed by atoms with Gasteiger partial charge in [-0.2, -0.15) is 10.1 Å². The summed E-state index contributed by atoms with van der Waals surface area (Å²) in [6.07, 6.45) is 4.32. The van der Waals surface area contributed by atoms with Crippen molar-refractivity contribution < 1.29 is 9.90 Å². The first-order valence-electron chi connectivity index (χ1n) is 12.5. The lowest BCUT2D eigenvalue weighted by molar-refractivity contribution is -0.138. The Morgan fingerprint density at radius 1 is 1.26 bits per heavy atom. The number of hydrogen-bond acceptors (Lipinski definition) is 7. The van der Waals surface area contributed by atoms with Crippen LogP contribution in [-0.4, -0.2) is 56.3 Å². The molecule has 0 spiro atoms. The van der Waals surface area contributed by atoms with E-state index in [0.717, 1.165) is 47.7 Å². The second-order valence-corrected chi connectivity index (χ2v) is 10.8. The van der Waals surface area contributed by atoms with E-state index in [2.05, 4.69) is 44.6 Å². The zero-order chi connectivity index (χ0) is 26.4. The van der Waals surface area contributed by atoms with Crippen LogP contribution >= 0.6 is 11.6 Å². The van der Waals surface area contributed by atoms with Gasteiger partial charge in [0, 0.05) is 48.2 Å². The number of carboxylic acids is 1. The van der Waals surface area contributed by atoms with Crippen molar-refractivity contribution in [2.75, 3.05) is 30.4 Å². The van der Waals surface area contributed by atoms with E-state index in [9.17, 15) is 9.90 Å². The van der Waals surface area contributed by atoms with Crippen molar-refractivity contribution in [2.24, 2.45) is 0 Å². The molecular weight excluding hydrogens is 502 g/mol. The molecule has 2 aromatic carbocycles. The minimum atomic E-state index is -0.841. The second kappa shape index (κ2) is 9.41. The number of halogens is 1. The smallest absolute Gasteiger partial charge is 0.304 e. The Hall–Kier alpha value is -3.95. The molecule has 1 unspecified atom stereocenters. The SMILES string of the molecule is CN1CCc2c(cc(Nc3ncc(Cl)c(N4CC(C)(CC(=O)O)c5ccccc54)n3)cc2-c2ccn[nH]2)C1. The number of carboxylic acid groups (broad SMARTS) is 1. The molecule has 9 nitrogen and oxygen atoms in total. The molecule has 2 aliphatic rings. The lowest BCUT2D eigenvalue weighted by Crippen LogP contribution is -2.31. The van der Waals surface area contributed by atoms with Gasteiger partial charge in [-0.15, -0.1) is 0 Å². The highest BCUT2D eigenvalue weighted by Gasteiger charge is 2.42. The lowest BCUT2D eigenvalue weighted by Gasteiger charge is -2.27. The number of anilines is 4. The van der Waals surface area contributed by atoms with E-state index < -0.39 is 11.4 Å². The molecule has 4 heterocycles. The minimum Gasteiger partial charge on any atom is -0.481 e. The topological polar surface area (TPSA) is 110 Å². The molecular formula is C28H28ClN7O2. The summed E-state index contributed by atoms with van der Waals surface area (Å²) in [6.45, 7) is 4.27. The number of aromatic nitrogens is 4. The molecule has 0 amide bonds. The normalized spacial score (nSPS) is 18.8. The first-order chi connectivity index (χ1) is 18.3. The predicted octanol–water partition coefficient (Wildman–Crippen LogP) is 5.14. The first kappa shape index (κ1) is 24.4. The molecule has 0 aliphatic carbocycles. The van der Waals surface area contributed by atoms with Crippen molar-refractivity contribution in [2.45, 2.75) is 31.7 Å². The molecule has 4 aromatic rings. The van der Waals surface area contributed by atoms with Crippen LogP contribution in [0.3, 0.4) is 0 Å². The largest absolute Gasteiger partial charge is 0.481 e. The van der Waals surface area contributed by atoms with Gasteiger partial charge in [-0.25, -0.2) is 4.98 Å². The maximum Gasteiger partial charge on any atom is 0.304 e. The Morgan fingerprint density at radius 3 is 2.89 bits per heavy atom. The minimum absolute atomic E-state index is 0.00821. The van der Waals surface area contributed by atoms with E-state index in [4.69, 9.17) is 16.6 Å². The van der Waals surface area contributed by atoms with Gasteiger partial charge in [0.15, 0.2) is 5.82 Å². The van der Waals surface area contributed by atoms with Gasteiger partial charge in [-0.3, -0.25) is 9.89 Å². The Morgan fingerprint density at radius 2 is 2.11 bits per heavy atom. The number of fused-ring (bicyclic) bond motifs is 2. The van der Waals surface area contributed by atoms with Gasteiger partial charge < -0.3 is 20.2 Å². The van der Waals surface area contributed by atoms with E-state index in [1.165, 1.54) is 11.1 Å². The van der Waals surface area contributed by atoms with Gasteiger partial charge in [-0.1, -0.05) is 36.7 Å². The van der Waals surface area contributed by atoms with Gasteiger partial charge in [0.1, 0.15) is 5.02 Å². The van der Waals surface area contributed by atoms with Crippen LogP contribution in [0.15, 0.2) is 54.9 Å². The molecule has 0 bridgehead atoms. The van der Waals surface area contributed by atoms with Crippen LogP contribution in [0.2, 0.25) is 5.02 Å². The monoisotopic (exact) mass is 529 g/mol. The Kier molecular flexibility index (Phi) is 6.04. The molecule has 38 heavy (non-hydrogen) atoms. The van der Waals surface area contributed by atoms with Crippen LogP contribution in [0.5, 0.6) is 0 Å². The number of benzene rings is 2. The van der Waals surface area contributed by atoms with Crippen LogP contribution in [0.25, 0.3) is 11.3 Å². The van der Waals surface area contributed by atoms with Crippen LogP contribution < -0.4 is 10.2 Å². The zero-order valence-corrected chi connectivity index (χ0v) is 22.0. The van der Waals surface area contributed by atoms with Crippen molar-refractivity contribution in [3.63, 3.8) is 0 Å². The number of H-pyrrole nitrogens is 1. The second-order valence-electron chi connectivity index (χ2n) is 10.3. The summed E-state index contributed by atoms with van der Waals surface area (Å²) in [4.78, 5) is 25.2. The summed E-state index contributed by atoms with van der Waals surface area (Å²) in [5.41, 5.74) is 6.82. The average Bonchev–Trinajstić information content (AvgIpc) is 3.51. The number of likely N-dealkylation sites (N-methyl/N-ethyl adjacent to an activating group) is 1. The first-order valence-corrected chi connectivity index (χ1v) is 12.9. The number of nitrogens with one attached hydrogen (secondary N) is 2. The summed E-state index contributed by atoms with van der Waals surface area (Å²) < 4.78 is 0. The Balaban J connectivity index is 1.37. The highest BCUT2D eigenvalue weighted by Crippen LogP contribution is 2.47. The number of para-hydroxylation sites is 1. The number of carbonyl (C=O) groups is 1. The highest BCUT2D eigenvalue weighted by atomic mass is 35.5. The third-order valence-electron chi connectivity index (χ3n) is 7.45. The fourth-order valence-electron chi connectivity index (χ4n) is 5.71. The van der Waals surface area contributed by atoms with Gasteiger partial charge in [-0.05, 0) is 54.4 Å². The van der Waals surface area contributed by atoms with Crippen LogP contribution in [0, 0.1) is 0 Å². The Bertz CT molecular complexity index is 1520. The third kappa shape index (κ3) is 4.37. The van der Waals surface area contributed by atoms with E-state index in [1.54, 1.807) is 12.4 Å². The molecule has 2 aromatic heterocycles. The molecule has 0 fully saturated rings. The van der Waals surface area contributed by atoms with E-state index in [0.29, 0.717) is 23.3 Å². The maximum atomic E-state index is 11.7. The van der Waals surface area contributed by atoms with E-state index in [1.807, 2.05) is 42.2 Å². The summed E-state index contributed by atoms with van der Waals surface area (Å²) in [5.74, 6) is 0.108. The summed E-state index contributed by atoms with van der Waals surface area (Å²) in [5, 5.41) is 20.6. The summed E-state index contributed by atoms with van der Waals surface area (Å²) in [7, 11) is 2.12. The van der Waals surface area contributed by atoms with Gasteiger partial charge in [0.05, 0.1) is 18.3 Å². The molecule has 0 saturated heterocycles. The third-order valence-corrected chi connectivity index (χ3v) is 7.71. The molecule has 6 rings (SSSR count). The molecule has 0 radical (unpaired) electrons. The van der Waals surface area contributed by atoms with Crippen molar-refractivity contribution in [3.8, 4) is 11.3 Å². The number of aliphatic carboxylic acids is 1. The predicted molar refractivity (Wildman–Crippen MR) is 147 cm³/mol. The van der Waals surface area contributed by atoms with Crippen molar-refractivity contribution in [1.82, 2.24) is 25.1 Å². The van der Waals surface area contributed by atoms with Crippen molar-refractivity contribution in [3.05, 3.63) is 76.6 Å². The Labute approximate surface area is 225 Å². The maximum absolute atomic E-state index is 11.7. The molecule has 2 aliphatic heterocycles. The van der Waals surface area contributed by atoms with Crippen LogP contribution in [0.1, 0.15) is 30.0 Å². The number of hydrogen-bond donors (Lipinski definition) is 3. The molecule has 3 N–H and O–H groups in total. The van der Waals surface area contributed by atoms with Gasteiger partial charge in [0.2, 0.25) is 5.95 Å². The zero-order valence-electron chi connectivity index (χ0n) is 21.2. The summed E-state index contributed by atoms with van der Waals surface area (Å²) >= 11 is 6.62. The quantitative estimate of drug-likeness (QED) is 0.315. The number of rotatable bonds is 6. The van der Waals surface area contributed by atoms with E-state index >= 15 is 0 Å². The van der Waals surface area contributed by atoms with Crippen molar-refractivity contribution in [1.29, 1.82) is 0 Å². The number of nitrogens with zero attached hydrogens (tertiary/aromatic N) is 5. The van der Waals surface area contributed by atoms with Gasteiger partial charge >= 0.3 is 5.97 Å². The van der Waals surface area contributed by atoms with Gasteiger partial charge in [0.25, 0.3) is 0 Å². The molecule has 194 valence electrons. The highest BCUT2D eigenvalue weighted by molar-refractivity contribution is 6.33. The number of aromatic amines is 1. The molecule has 0 saturated carbocycles. The van der Waals surface area contributed by atoms with Crippen LogP contribution in [-0.2, 0) is 23.2 Å². The van der Waals surface area contributed by atoms with Crippen LogP contribution in [0.4, 0.5) is 23.1 Å². The molecule has 1 atom stereocenters.